The molecule has 2 saturated heterocycles. The van der Waals surface area contributed by atoms with Gasteiger partial charge in [0.15, 0.2) is 0 Å². The Bertz CT molecular complexity index is 225. The van der Waals surface area contributed by atoms with E-state index in [1.54, 1.807) is 0 Å². The van der Waals surface area contributed by atoms with Crippen LogP contribution in [0.15, 0.2) is 0 Å². The molecule has 0 aromatic rings. The summed E-state index contributed by atoms with van der Waals surface area (Å²) in [5, 5.41) is 7.45. The zero-order valence-electron chi connectivity index (χ0n) is 11.2. The Morgan fingerprint density at radius 3 is 2.75 bits per heavy atom. The second kappa shape index (κ2) is 5.05. The van der Waals surface area contributed by atoms with E-state index in [0.717, 1.165) is 18.0 Å². The van der Waals surface area contributed by atoms with E-state index in [0.29, 0.717) is 5.41 Å². The van der Waals surface area contributed by atoms with Crippen LogP contribution in [-0.2, 0) is 0 Å². The van der Waals surface area contributed by atoms with Crippen LogP contribution < -0.4 is 10.6 Å². The zero-order chi connectivity index (χ0) is 11.6. The highest BCUT2D eigenvalue weighted by Crippen LogP contribution is 2.33. The highest BCUT2D eigenvalue weighted by molar-refractivity contribution is 4.93. The van der Waals surface area contributed by atoms with Crippen molar-refractivity contribution < 1.29 is 0 Å². The molecule has 0 bridgehead atoms. The molecular weight excluding hydrogens is 196 g/mol. The van der Waals surface area contributed by atoms with Gasteiger partial charge in [-0.2, -0.15) is 0 Å². The van der Waals surface area contributed by atoms with Crippen molar-refractivity contribution in [2.75, 3.05) is 13.1 Å². The minimum Gasteiger partial charge on any atom is -0.312 e. The molecule has 3 atom stereocenters. The van der Waals surface area contributed by atoms with Gasteiger partial charge in [-0.25, -0.2) is 0 Å². The van der Waals surface area contributed by atoms with Crippen LogP contribution in [0, 0.1) is 11.3 Å². The van der Waals surface area contributed by atoms with Crippen molar-refractivity contribution in [3.8, 4) is 0 Å². The first-order valence-corrected chi connectivity index (χ1v) is 7.07. The van der Waals surface area contributed by atoms with Gasteiger partial charge in [0.05, 0.1) is 0 Å². The number of fused-ring (bicyclic) bond motifs is 1. The monoisotopic (exact) mass is 224 g/mol. The molecule has 0 aromatic heterocycles. The van der Waals surface area contributed by atoms with Crippen LogP contribution in [0.2, 0.25) is 0 Å². The van der Waals surface area contributed by atoms with E-state index in [1.807, 2.05) is 0 Å². The Morgan fingerprint density at radius 2 is 2.00 bits per heavy atom. The lowest BCUT2D eigenvalue weighted by molar-refractivity contribution is 0.157. The molecule has 2 nitrogen and oxygen atoms in total. The number of hydrogen-bond donors (Lipinski definition) is 2. The molecular formula is C14H28N2. The topological polar surface area (TPSA) is 24.1 Å². The van der Waals surface area contributed by atoms with Crippen molar-refractivity contribution in [1.29, 1.82) is 0 Å². The molecule has 0 aromatic carbocycles. The van der Waals surface area contributed by atoms with Crippen molar-refractivity contribution >= 4 is 0 Å². The molecule has 0 aliphatic carbocycles. The number of piperidine rings is 2. The summed E-state index contributed by atoms with van der Waals surface area (Å²) in [6.45, 7) is 9.61. The predicted molar refractivity (Wildman–Crippen MR) is 69.6 cm³/mol. The summed E-state index contributed by atoms with van der Waals surface area (Å²) in [6.07, 6.45) is 6.79. The van der Waals surface area contributed by atoms with E-state index in [2.05, 4.69) is 31.4 Å². The average molecular weight is 224 g/mol. The molecule has 3 unspecified atom stereocenters. The lowest BCUT2D eigenvalue weighted by atomic mass is 9.75. The second-order valence-electron chi connectivity index (χ2n) is 6.54. The van der Waals surface area contributed by atoms with Crippen molar-refractivity contribution in [2.24, 2.45) is 11.3 Å². The smallest absolute Gasteiger partial charge is 0.0224 e. The standard InChI is InChI=1S/C14H28N2/c1-4-14(2,3)9-11-8-13-12(16-10-11)6-5-7-15-13/h11-13,15-16H,4-10H2,1-3H3. The highest BCUT2D eigenvalue weighted by Gasteiger charge is 2.33. The van der Waals surface area contributed by atoms with Crippen LogP contribution >= 0.6 is 0 Å². The Kier molecular flexibility index (Phi) is 3.91. The molecule has 2 aliphatic rings. The van der Waals surface area contributed by atoms with Crippen LogP contribution in [-0.4, -0.2) is 25.2 Å². The maximum atomic E-state index is 3.76. The van der Waals surface area contributed by atoms with E-state index < -0.39 is 0 Å². The first kappa shape index (κ1) is 12.4. The molecule has 2 aliphatic heterocycles. The molecule has 0 amide bonds. The fourth-order valence-electron chi connectivity index (χ4n) is 3.29. The molecule has 94 valence electrons. The lowest BCUT2D eigenvalue weighted by Crippen LogP contribution is -2.57. The third-order valence-corrected chi connectivity index (χ3v) is 4.64. The van der Waals surface area contributed by atoms with E-state index in [-0.39, 0.29) is 0 Å². The number of nitrogens with one attached hydrogen (secondary N) is 2. The molecule has 0 spiro atoms. The third-order valence-electron chi connectivity index (χ3n) is 4.64. The Balaban J connectivity index is 1.85. The molecule has 0 radical (unpaired) electrons. The van der Waals surface area contributed by atoms with Crippen LogP contribution in [0.25, 0.3) is 0 Å². The lowest BCUT2D eigenvalue weighted by Gasteiger charge is -2.42. The quantitative estimate of drug-likeness (QED) is 0.770. The first-order valence-electron chi connectivity index (χ1n) is 7.07. The second-order valence-corrected chi connectivity index (χ2v) is 6.54. The minimum absolute atomic E-state index is 0.522. The van der Waals surface area contributed by atoms with Gasteiger partial charge in [-0.3, -0.25) is 0 Å². The van der Waals surface area contributed by atoms with E-state index in [1.165, 1.54) is 45.2 Å². The van der Waals surface area contributed by atoms with E-state index in [9.17, 15) is 0 Å². The summed E-state index contributed by atoms with van der Waals surface area (Å²) < 4.78 is 0. The summed E-state index contributed by atoms with van der Waals surface area (Å²) in [7, 11) is 0. The molecule has 2 rings (SSSR count). The number of rotatable bonds is 3. The number of hydrogen-bond acceptors (Lipinski definition) is 2. The Hall–Kier alpha value is -0.0800. The zero-order valence-corrected chi connectivity index (χ0v) is 11.2. The summed E-state index contributed by atoms with van der Waals surface area (Å²) in [6, 6.07) is 1.51. The average Bonchev–Trinajstić information content (AvgIpc) is 2.28. The fourth-order valence-corrected chi connectivity index (χ4v) is 3.29. The van der Waals surface area contributed by atoms with Gasteiger partial charge in [-0.15, -0.1) is 0 Å². The first-order chi connectivity index (χ1) is 7.61. The van der Waals surface area contributed by atoms with Crippen molar-refractivity contribution in [3.63, 3.8) is 0 Å². The van der Waals surface area contributed by atoms with Gasteiger partial charge in [0.2, 0.25) is 0 Å². The van der Waals surface area contributed by atoms with E-state index >= 15 is 0 Å². The van der Waals surface area contributed by atoms with Crippen molar-refractivity contribution in [3.05, 3.63) is 0 Å². The SMILES string of the molecule is CCC(C)(C)CC1CNC2CCCNC2C1. The highest BCUT2D eigenvalue weighted by atomic mass is 15.1. The Morgan fingerprint density at radius 1 is 1.19 bits per heavy atom. The molecule has 0 saturated carbocycles. The Labute approximate surface area is 101 Å². The maximum Gasteiger partial charge on any atom is 0.0224 e. The van der Waals surface area contributed by atoms with Crippen molar-refractivity contribution in [1.82, 2.24) is 10.6 Å². The van der Waals surface area contributed by atoms with Gasteiger partial charge >= 0.3 is 0 Å². The van der Waals surface area contributed by atoms with Crippen LogP contribution in [0.3, 0.4) is 0 Å². The van der Waals surface area contributed by atoms with Gasteiger partial charge in [0, 0.05) is 12.1 Å². The predicted octanol–water partition coefficient (Wildman–Crippen LogP) is 2.54. The van der Waals surface area contributed by atoms with Crippen LogP contribution in [0.5, 0.6) is 0 Å². The normalized spacial score (nSPS) is 35.8. The summed E-state index contributed by atoms with van der Waals surface area (Å²) >= 11 is 0. The molecule has 2 heterocycles. The molecule has 2 fully saturated rings. The third kappa shape index (κ3) is 2.98. The van der Waals surface area contributed by atoms with Gasteiger partial charge in [0.1, 0.15) is 0 Å². The summed E-state index contributed by atoms with van der Waals surface area (Å²) in [5.41, 5.74) is 0.522. The molecule has 2 heteroatoms. The van der Waals surface area contributed by atoms with Gasteiger partial charge in [-0.1, -0.05) is 27.2 Å². The molecule has 16 heavy (non-hydrogen) atoms. The van der Waals surface area contributed by atoms with Crippen LogP contribution in [0.1, 0.15) is 52.9 Å². The summed E-state index contributed by atoms with van der Waals surface area (Å²) in [4.78, 5) is 0. The van der Waals surface area contributed by atoms with Gasteiger partial charge < -0.3 is 10.6 Å². The van der Waals surface area contributed by atoms with Crippen LogP contribution in [0.4, 0.5) is 0 Å². The molecule has 2 N–H and O–H groups in total. The van der Waals surface area contributed by atoms with Gasteiger partial charge in [0.25, 0.3) is 0 Å². The largest absolute Gasteiger partial charge is 0.312 e. The van der Waals surface area contributed by atoms with Gasteiger partial charge in [-0.05, 0) is 50.1 Å². The van der Waals surface area contributed by atoms with Crippen molar-refractivity contribution in [2.45, 2.75) is 65.0 Å². The fraction of sp³-hybridized carbons (Fsp3) is 1.00. The van der Waals surface area contributed by atoms with E-state index in [4.69, 9.17) is 0 Å². The summed E-state index contributed by atoms with van der Waals surface area (Å²) in [5.74, 6) is 0.877. The maximum absolute atomic E-state index is 3.76. The minimum atomic E-state index is 0.522.